The van der Waals surface area contributed by atoms with Crippen LogP contribution >= 0.6 is 19.5 Å². The van der Waals surface area contributed by atoms with Crippen molar-refractivity contribution in [2.75, 3.05) is 26.1 Å². The lowest BCUT2D eigenvalue weighted by Gasteiger charge is -2.37. The van der Waals surface area contributed by atoms with Crippen LogP contribution < -0.4 is 14.8 Å². The highest BCUT2D eigenvalue weighted by atomic mass is 32.7. The predicted octanol–water partition coefficient (Wildman–Crippen LogP) is 6.85. The highest BCUT2D eigenvalue weighted by Crippen LogP contribution is 2.44. The summed E-state index contributed by atoms with van der Waals surface area (Å²) in [5, 5.41) is 2.82. The predicted molar refractivity (Wildman–Crippen MR) is 187 cm³/mol. The summed E-state index contributed by atoms with van der Waals surface area (Å²) in [6, 6.07) is 25.4. The zero-order chi connectivity index (χ0) is 34.4. The highest BCUT2D eigenvalue weighted by Gasteiger charge is 2.45. The molecular weight excluding hydrogens is 665 g/mol. The van der Waals surface area contributed by atoms with Crippen molar-refractivity contribution in [3.8, 4) is 11.5 Å². The van der Waals surface area contributed by atoms with Crippen LogP contribution in [0.4, 0.5) is 5.82 Å². The van der Waals surface area contributed by atoms with Crippen LogP contribution in [-0.2, 0) is 29.0 Å². The molecule has 1 aliphatic heterocycles. The van der Waals surface area contributed by atoms with Crippen molar-refractivity contribution in [1.82, 2.24) is 19.5 Å². The van der Waals surface area contributed by atoms with Gasteiger partial charge in [0.2, 0.25) is 5.91 Å². The molecule has 0 aliphatic carbocycles. The Hall–Kier alpha value is -4.39. The van der Waals surface area contributed by atoms with Gasteiger partial charge in [0.05, 0.1) is 27.2 Å². The Bertz CT molecular complexity index is 1850. The van der Waals surface area contributed by atoms with Gasteiger partial charge in [-0.1, -0.05) is 61.5 Å². The fourth-order valence-electron chi connectivity index (χ4n) is 6.11. The molecule has 0 spiro atoms. The van der Waals surface area contributed by atoms with E-state index in [1.165, 1.54) is 6.33 Å². The number of methoxy groups -OCH3 is 2. The third-order valence-electron chi connectivity index (χ3n) is 8.45. The molecule has 1 amide bonds. The number of hydrogen-bond donors (Lipinski definition) is 2. The van der Waals surface area contributed by atoms with E-state index in [4.69, 9.17) is 23.5 Å². The van der Waals surface area contributed by atoms with E-state index in [0.29, 0.717) is 47.7 Å². The number of fused-ring (bicyclic) bond motifs is 1. The van der Waals surface area contributed by atoms with E-state index < -0.39 is 31.3 Å². The van der Waals surface area contributed by atoms with Gasteiger partial charge >= 0.3 is 7.23 Å². The van der Waals surface area contributed by atoms with Crippen LogP contribution in [0.2, 0.25) is 0 Å². The minimum Gasteiger partial charge on any atom is -0.497 e. The Kier molecular flexibility index (Phi) is 10.9. The lowest BCUT2D eigenvalue weighted by molar-refractivity contribution is -0.116. The van der Waals surface area contributed by atoms with Crippen LogP contribution in [0.3, 0.4) is 0 Å². The van der Waals surface area contributed by atoms with E-state index in [1.807, 2.05) is 85.8 Å². The molecule has 0 saturated carbocycles. The molecule has 4 atom stereocenters. The smallest absolute Gasteiger partial charge is 0.497 e. The third-order valence-corrected chi connectivity index (χ3v) is 9.18. The first kappa shape index (κ1) is 34.5. The molecule has 6 rings (SSSR count). The van der Waals surface area contributed by atoms with Crippen LogP contribution in [0.25, 0.3) is 11.2 Å². The van der Waals surface area contributed by atoms with Gasteiger partial charge in [-0.2, -0.15) is 0 Å². The number of nitrogens with zero attached hydrogens (tertiary/aromatic N) is 4. The standard InChI is InChI=1S/C35H36N5O7PS/c1-4-8-30(41)39-33-32-34(37-21-36-33)40(22-38-32)31-19-28(47-48(42)49)29(46-31)20-45-35(23-9-6-5-7-10-23,24-11-15-26(43-2)16-12-24)25-13-17-27(44-3)18-14-25/h5-7,9-18,21-22,28-29,31H,4,8,19-20H2,1-3H3,(H-,36,37,39,41,42,49)/p+1/t28-,29+,31+/m0/s1. The first-order valence-corrected chi connectivity index (χ1v) is 18.1. The molecule has 3 heterocycles. The maximum absolute atomic E-state index is 12.3. The van der Waals surface area contributed by atoms with Gasteiger partial charge in [-0.25, -0.2) is 15.0 Å². The van der Waals surface area contributed by atoms with Gasteiger partial charge in [-0.3, -0.25) is 9.36 Å². The number of thiol groups is 1. The summed E-state index contributed by atoms with van der Waals surface area (Å²) in [5.41, 5.74) is 2.38. The third kappa shape index (κ3) is 7.31. The average Bonchev–Trinajstić information content (AvgIpc) is 3.74. The second-order valence-corrected chi connectivity index (χ2v) is 13.1. The van der Waals surface area contributed by atoms with Crippen LogP contribution in [0.5, 0.6) is 11.5 Å². The summed E-state index contributed by atoms with van der Waals surface area (Å²) in [5.74, 6) is 1.57. The first-order chi connectivity index (χ1) is 23.9. The van der Waals surface area contributed by atoms with Crippen LogP contribution in [0.1, 0.15) is 49.1 Å². The molecule has 1 aliphatic rings. The minimum absolute atomic E-state index is 0.0466. The molecule has 2 aromatic heterocycles. The number of nitrogens with one attached hydrogen (secondary N) is 1. The summed E-state index contributed by atoms with van der Waals surface area (Å²) >= 11 is 4.06. The number of anilines is 1. The van der Waals surface area contributed by atoms with Gasteiger partial charge in [-0.05, 0) is 51.9 Å². The Balaban J connectivity index is 1.36. The van der Waals surface area contributed by atoms with E-state index in [9.17, 15) is 9.36 Å². The van der Waals surface area contributed by atoms with Crippen molar-refractivity contribution in [1.29, 1.82) is 0 Å². The summed E-state index contributed by atoms with van der Waals surface area (Å²) in [4.78, 5) is 25.5. The number of carbonyl (C=O) groups is 1. The molecule has 254 valence electrons. The monoisotopic (exact) mass is 702 g/mol. The van der Waals surface area contributed by atoms with E-state index in [-0.39, 0.29) is 12.5 Å². The second kappa shape index (κ2) is 15.4. The van der Waals surface area contributed by atoms with Crippen LogP contribution in [0, 0.1) is 0 Å². The van der Waals surface area contributed by atoms with Gasteiger partial charge in [0, 0.05) is 12.8 Å². The number of hydrogen-bond acceptors (Lipinski definition) is 10. The van der Waals surface area contributed by atoms with Crippen molar-refractivity contribution in [2.45, 2.75) is 50.2 Å². The number of benzene rings is 3. The molecule has 5 aromatic rings. The molecule has 1 N–H and O–H groups in total. The quantitative estimate of drug-likeness (QED) is 0.0719. The van der Waals surface area contributed by atoms with E-state index in [2.05, 4.69) is 32.5 Å². The highest BCUT2D eigenvalue weighted by molar-refractivity contribution is 8.39. The van der Waals surface area contributed by atoms with Crippen molar-refractivity contribution in [3.63, 3.8) is 0 Å². The SMILES string of the molecule is CCCC(=O)Nc1ncnc2c1ncn2[C@H]1C[C@H](O[P+](=O)S)[C@@H](COC(c2ccccc2)(c2ccc(OC)cc2)c2ccc(OC)cc2)O1. The normalized spacial score (nSPS) is 18.0. The molecule has 0 radical (unpaired) electrons. The number of carbonyl (C=O) groups excluding carboxylic acids is 1. The molecule has 1 unspecified atom stereocenters. The lowest BCUT2D eigenvalue weighted by Crippen LogP contribution is -2.38. The Morgan fingerprint density at radius 1 is 0.959 bits per heavy atom. The molecule has 1 saturated heterocycles. The lowest BCUT2D eigenvalue weighted by atomic mass is 9.80. The maximum atomic E-state index is 12.3. The Labute approximate surface area is 290 Å². The molecular formula is C35H37N5O7PS+. The molecule has 1 fully saturated rings. The molecule has 12 nitrogen and oxygen atoms in total. The molecule has 0 bridgehead atoms. The van der Waals surface area contributed by atoms with E-state index in [1.54, 1.807) is 25.1 Å². The summed E-state index contributed by atoms with van der Waals surface area (Å²) in [6.45, 7) is 1.97. The topological polar surface area (TPSA) is 136 Å². The van der Waals surface area contributed by atoms with Crippen molar-refractivity contribution >= 4 is 42.4 Å². The number of amides is 1. The van der Waals surface area contributed by atoms with Crippen LogP contribution in [0.15, 0.2) is 91.5 Å². The van der Waals surface area contributed by atoms with E-state index in [0.717, 1.165) is 16.7 Å². The van der Waals surface area contributed by atoms with Gasteiger partial charge in [0.15, 0.2) is 17.0 Å². The van der Waals surface area contributed by atoms with Crippen LogP contribution in [-0.4, -0.2) is 58.5 Å². The van der Waals surface area contributed by atoms with Gasteiger partial charge in [-0.15, -0.1) is 4.52 Å². The van der Waals surface area contributed by atoms with E-state index >= 15 is 0 Å². The summed E-state index contributed by atoms with van der Waals surface area (Å²) in [7, 11) is 0.980. The number of imidazole rings is 1. The first-order valence-electron chi connectivity index (χ1n) is 15.8. The van der Waals surface area contributed by atoms with Crippen molar-refractivity contribution in [2.24, 2.45) is 0 Å². The fraction of sp³-hybridized carbons (Fsp3) is 0.314. The molecule has 49 heavy (non-hydrogen) atoms. The Morgan fingerprint density at radius 3 is 2.18 bits per heavy atom. The maximum Gasteiger partial charge on any atom is 0.582 e. The average molecular weight is 703 g/mol. The number of ether oxygens (including phenoxy) is 4. The zero-order valence-electron chi connectivity index (χ0n) is 27.3. The molecule has 14 heteroatoms. The summed E-state index contributed by atoms with van der Waals surface area (Å²) < 4.78 is 44.5. The van der Waals surface area contributed by atoms with Gasteiger partial charge in [0.1, 0.15) is 54.1 Å². The second-order valence-electron chi connectivity index (χ2n) is 11.4. The molecule has 3 aromatic carbocycles. The van der Waals surface area contributed by atoms with Gasteiger partial charge in [0.25, 0.3) is 0 Å². The Morgan fingerprint density at radius 2 is 1.59 bits per heavy atom. The number of aromatic nitrogens is 4. The largest absolute Gasteiger partial charge is 0.582 e. The number of rotatable bonds is 14. The van der Waals surface area contributed by atoms with Crippen molar-refractivity contribution < 1.29 is 32.8 Å². The van der Waals surface area contributed by atoms with Crippen molar-refractivity contribution in [3.05, 3.63) is 108 Å². The zero-order valence-corrected chi connectivity index (χ0v) is 29.1. The minimum atomic E-state index is -2.27. The fourth-order valence-corrected chi connectivity index (χ4v) is 6.92. The van der Waals surface area contributed by atoms with Gasteiger partial charge < -0.3 is 24.3 Å². The summed E-state index contributed by atoms with van der Waals surface area (Å²) in [6.07, 6.45) is 2.41.